The second kappa shape index (κ2) is 4.35. The van der Waals surface area contributed by atoms with Gasteiger partial charge in [-0.2, -0.15) is 0 Å². The predicted molar refractivity (Wildman–Crippen MR) is 49.8 cm³/mol. The van der Waals surface area contributed by atoms with Crippen molar-refractivity contribution in [2.45, 2.75) is 19.4 Å². The maximum atomic E-state index is 12.7. The molecule has 0 saturated heterocycles. The van der Waals surface area contributed by atoms with Crippen molar-refractivity contribution in [3.8, 4) is 0 Å². The summed E-state index contributed by atoms with van der Waals surface area (Å²) in [5.74, 6) is -0.252. The van der Waals surface area contributed by atoms with Gasteiger partial charge in [0.15, 0.2) is 0 Å². The number of rotatable bonds is 3. The molecule has 0 spiro atoms. The lowest BCUT2D eigenvalue weighted by Crippen LogP contribution is -2.13. The van der Waals surface area contributed by atoms with Gasteiger partial charge >= 0.3 is 0 Å². The number of aryl methyl sites for hydroxylation is 1. The Kier molecular flexibility index (Phi) is 3.39. The molecule has 1 atom stereocenters. The predicted octanol–water partition coefficient (Wildman–Crippen LogP) is 1.52. The summed E-state index contributed by atoms with van der Waals surface area (Å²) in [5.41, 5.74) is 7.51. The van der Waals surface area contributed by atoms with Crippen molar-refractivity contribution >= 4 is 0 Å². The largest absolute Gasteiger partial charge is 0.396 e. The van der Waals surface area contributed by atoms with Gasteiger partial charge in [-0.3, -0.25) is 0 Å². The molecule has 2 nitrogen and oxygen atoms in total. The zero-order chi connectivity index (χ0) is 9.84. The van der Waals surface area contributed by atoms with E-state index in [1.807, 2.05) is 6.92 Å². The fourth-order valence-corrected chi connectivity index (χ4v) is 1.35. The van der Waals surface area contributed by atoms with Crippen LogP contribution in [0.2, 0.25) is 0 Å². The van der Waals surface area contributed by atoms with Crippen molar-refractivity contribution in [1.29, 1.82) is 0 Å². The van der Waals surface area contributed by atoms with E-state index in [1.165, 1.54) is 12.1 Å². The highest BCUT2D eigenvalue weighted by molar-refractivity contribution is 5.29. The molecule has 0 unspecified atom stereocenters. The molecule has 0 aliphatic carbocycles. The number of nitrogens with two attached hydrogens (primary N) is 1. The summed E-state index contributed by atoms with van der Waals surface area (Å²) >= 11 is 0. The Bertz CT molecular complexity index is 288. The summed E-state index contributed by atoms with van der Waals surface area (Å²) in [6, 6.07) is 4.31. The Labute approximate surface area is 77.2 Å². The van der Waals surface area contributed by atoms with E-state index in [0.717, 1.165) is 11.1 Å². The van der Waals surface area contributed by atoms with Crippen molar-refractivity contribution in [1.82, 2.24) is 0 Å². The average Bonchev–Trinajstić information content (AvgIpc) is 2.04. The van der Waals surface area contributed by atoms with Gasteiger partial charge < -0.3 is 10.8 Å². The third kappa shape index (κ3) is 2.50. The van der Waals surface area contributed by atoms with Crippen molar-refractivity contribution in [3.63, 3.8) is 0 Å². The molecule has 0 saturated carbocycles. The SMILES string of the molecule is Cc1cc(F)ccc1[C@@H](N)CCO. The van der Waals surface area contributed by atoms with Crippen LogP contribution in [0.4, 0.5) is 4.39 Å². The van der Waals surface area contributed by atoms with Crippen LogP contribution in [0.25, 0.3) is 0 Å². The second-order valence-corrected chi connectivity index (χ2v) is 3.12. The van der Waals surface area contributed by atoms with E-state index < -0.39 is 0 Å². The molecule has 72 valence electrons. The fraction of sp³-hybridized carbons (Fsp3) is 0.400. The Morgan fingerprint density at radius 2 is 2.23 bits per heavy atom. The molecule has 3 N–H and O–H groups in total. The average molecular weight is 183 g/mol. The minimum absolute atomic E-state index is 0.0536. The molecule has 0 bridgehead atoms. The Morgan fingerprint density at radius 3 is 2.77 bits per heavy atom. The lowest BCUT2D eigenvalue weighted by Gasteiger charge is -2.13. The lowest BCUT2D eigenvalue weighted by molar-refractivity contribution is 0.276. The van der Waals surface area contributed by atoms with Gasteiger partial charge in [0.25, 0.3) is 0 Å². The third-order valence-electron chi connectivity index (χ3n) is 2.07. The molecule has 3 heteroatoms. The molecular weight excluding hydrogens is 169 g/mol. The molecule has 0 aromatic heterocycles. The van der Waals surface area contributed by atoms with E-state index in [9.17, 15) is 4.39 Å². The van der Waals surface area contributed by atoms with Gasteiger partial charge in [-0.05, 0) is 36.6 Å². The minimum Gasteiger partial charge on any atom is -0.396 e. The van der Waals surface area contributed by atoms with Crippen molar-refractivity contribution < 1.29 is 9.50 Å². The Morgan fingerprint density at radius 1 is 1.54 bits per heavy atom. The van der Waals surface area contributed by atoms with E-state index in [-0.39, 0.29) is 18.5 Å². The molecular formula is C10H14FNO. The maximum Gasteiger partial charge on any atom is 0.123 e. The molecule has 0 aliphatic heterocycles. The highest BCUT2D eigenvalue weighted by Crippen LogP contribution is 2.18. The quantitative estimate of drug-likeness (QED) is 0.746. The van der Waals surface area contributed by atoms with Crippen LogP contribution in [-0.2, 0) is 0 Å². The highest BCUT2D eigenvalue weighted by Gasteiger charge is 2.08. The van der Waals surface area contributed by atoms with Crippen LogP contribution in [0.1, 0.15) is 23.6 Å². The molecule has 0 fully saturated rings. The first-order valence-corrected chi connectivity index (χ1v) is 4.27. The van der Waals surface area contributed by atoms with Crippen molar-refractivity contribution in [2.75, 3.05) is 6.61 Å². The number of hydrogen-bond acceptors (Lipinski definition) is 2. The third-order valence-corrected chi connectivity index (χ3v) is 2.07. The van der Waals surface area contributed by atoms with Gasteiger partial charge in [0.2, 0.25) is 0 Å². The highest BCUT2D eigenvalue weighted by atomic mass is 19.1. The summed E-state index contributed by atoms with van der Waals surface area (Å²) < 4.78 is 12.7. The van der Waals surface area contributed by atoms with Gasteiger partial charge in [0.1, 0.15) is 5.82 Å². The van der Waals surface area contributed by atoms with Crippen LogP contribution in [0.15, 0.2) is 18.2 Å². The van der Waals surface area contributed by atoms with Crippen LogP contribution in [0.3, 0.4) is 0 Å². The van der Waals surface area contributed by atoms with Crippen molar-refractivity contribution in [3.05, 3.63) is 35.1 Å². The fourth-order valence-electron chi connectivity index (χ4n) is 1.35. The number of halogens is 1. The van der Waals surface area contributed by atoms with Gasteiger partial charge in [-0.25, -0.2) is 4.39 Å². The van der Waals surface area contributed by atoms with E-state index >= 15 is 0 Å². The Balaban J connectivity index is 2.88. The zero-order valence-corrected chi connectivity index (χ0v) is 7.63. The van der Waals surface area contributed by atoms with Gasteiger partial charge in [-0.15, -0.1) is 0 Å². The first kappa shape index (κ1) is 10.2. The summed E-state index contributed by atoms with van der Waals surface area (Å²) in [6.45, 7) is 1.87. The van der Waals surface area contributed by atoms with E-state index in [4.69, 9.17) is 10.8 Å². The van der Waals surface area contributed by atoms with Crippen LogP contribution in [0, 0.1) is 12.7 Å². The molecule has 1 rings (SSSR count). The van der Waals surface area contributed by atoms with Crippen LogP contribution >= 0.6 is 0 Å². The van der Waals surface area contributed by atoms with Gasteiger partial charge in [0.05, 0.1) is 0 Å². The van der Waals surface area contributed by atoms with E-state index in [0.29, 0.717) is 6.42 Å². The normalized spacial score (nSPS) is 12.9. The van der Waals surface area contributed by atoms with Crippen LogP contribution in [0.5, 0.6) is 0 Å². The smallest absolute Gasteiger partial charge is 0.123 e. The number of hydrogen-bond donors (Lipinski definition) is 2. The van der Waals surface area contributed by atoms with E-state index in [1.54, 1.807) is 6.07 Å². The first-order valence-electron chi connectivity index (χ1n) is 4.27. The number of benzene rings is 1. The number of aliphatic hydroxyl groups is 1. The lowest BCUT2D eigenvalue weighted by atomic mass is 10.00. The standard InChI is InChI=1S/C10H14FNO/c1-7-6-8(11)2-3-9(7)10(12)4-5-13/h2-3,6,10,13H,4-5,12H2,1H3/t10-/m0/s1. The summed E-state index contributed by atoms with van der Waals surface area (Å²) in [6.07, 6.45) is 0.506. The van der Waals surface area contributed by atoms with Gasteiger partial charge in [0, 0.05) is 12.6 Å². The summed E-state index contributed by atoms with van der Waals surface area (Å²) in [7, 11) is 0. The molecule has 0 radical (unpaired) electrons. The van der Waals surface area contributed by atoms with Crippen LogP contribution < -0.4 is 5.73 Å². The summed E-state index contributed by atoms with van der Waals surface area (Å²) in [5, 5.41) is 8.69. The second-order valence-electron chi connectivity index (χ2n) is 3.12. The topological polar surface area (TPSA) is 46.2 Å². The van der Waals surface area contributed by atoms with E-state index in [2.05, 4.69) is 0 Å². The Hall–Kier alpha value is -0.930. The van der Waals surface area contributed by atoms with Gasteiger partial charge in [-0.1, -0.05) is 6.07 Å². The summed E-state index contributed by atoms with van der Waals surface area (Å²) in [4.78, 5) is 0. The molecule has 0 heterocycles. The van der Waals surface area contributed by atoms with Crippen LogP contribution in [-0.4, -0.2) is 11.7 Å². The molecule has 1 aromatic rings. The molecule has 0 aliphatic rings. The first-order chi connectivity index (χ1) is 6.15. The maximum absolute atomic E-state index is 12.7. The zero-order valence-electron chi connectivity index (χ0n) is 7.63. The molecule has 13 heavy (non-hydrogen) atoms. The van der Waals surface area contributed by atoms with Crippen molar-refractivity contribution in [2.24, 2.45) is 5.73 Å². The molecule has 0 amide bonds. The minimum atomic E-state index is -0.252. The molecule has 1 aromatic carbocycles. The number of aliphatic hydroxyl groups excluding tert-OH is 1. The monoisotopic (exact) mass is 183 g/mol.